The van der Waals surface area contributed by atoms with Gasteiger partial charge in [-0.2, -0.15) is 0 Å². The second-order valence-corrected chi connectivity index (χ2v) is 18.4. The van der Waals surface area contributed by atoms with Crippen LogP contribution in [0.3, 0.4) is 0 Å². The molecule has 14 heteroatoms. The molecule has 7 rings (SSSR count). The minimum absolute atomic E-state index is 0.0422. The molecule has 0 amide bonds. The van der Waals surface area contributed by atoms with Gasteiger partial charge in [-0.05, 0) is 93.3 Å². The first-order chi connectivity index (χ1) is 25.5. The molecule has 3 saturated heterocycles. The molecule has 54 heavy (non-hydrogen) atoms. The van der Waals surface area contributed by atoms with Crippen molar-refractivity contribution in [2.24, 2.45) is 40.4 Å². The molecule has 7 aliphatic rings. The summed E-state index contributed by atoms with van der Waals surface area (Å²) < 4.78 is 36.9. The summed E-state index contributed by atoms with van der Waals surface area (Å²) in [6, 6.07) is 0. The maximum Gasteiger partial charge on any atom is 0.194 e. The van der Waals surface area contributed by atoms with Gasteiger partial charge in [0.2, 0.25) is 0 Å². The van der Waals surface area contributed by atoms with Gasteiger partial charge in [0.1, 0.15) is 48.8 Å². The van der Waals surface area contributed by atoms with Crippen LogP contribution in [0.4, 0.5) is 0 Å². The Morgan fingerprint density at radius 2 is 1.56 bits per heavy atom. The third kappa shape index (κ3) is 6.85. The first-order valence-corrected chi connectivity index (χ1v) is 20.5. The predicted molar refractivity (Wildman–Crippen MR) is 191 cm³/mol. The third-order valence-electron chi connectivity index (χ3n) is 15.4. The molecule has 22 atom stereocenters. The Hall–Kier alpha value is -0.820. The van der Waals surface area contributed by atoms with Crippen LogP contribution in [0.5, 0.6) is 0 Å². The standard InChI is InChI=1S/C40H66O14/c1-7-23-26(54-40(6)35(48)28(42)18(2)17-49-40)15-25-22-9-8-20-14-21(10-12-38(20,4)24(22)11-13-39(23,25)5)51-37-34(32(46)30(44)27(16-41)52-37)53-36-33(47)31(45)29(43)19(3)50-36/h8,18-19,21-37,41-48H,7,9-17H2,1-6H3/t18-,19?,21-,22+,23-,24-,25-,26-,27?,28?,29-,30+,31?,32-,33-,34?,35?,36-,37+,38-,39+,40-/m0/s1. The van der Waals surface area contributed by atoms with Crippen LogP contribution in [0.25, 0.3) is 0 Å². The van der Waals surface area contributed by atoms with Crippen molar-refractivity contribution in [3.05, 3.63) is 11.6 Å². The highest BCUT2D eigenvalue weighted by molar-refractivity contribution is 5.26. The summed E-state index contributed by atoms with van der Waals surface area (Å²) in [5.74, 6) is 0.227. The molecule has 3 heterocycles. The lowest BCUT2D eigenvalue weighted by atomic mass is 9.47. The second kappa shape index (κ2) is 15.4. The van der Waals surface area contributed by atoms with Crippen molar-refractivity contribution < 1.29 is 69.3 Å². The van der Waals surface area contributed by atoms with E-state index in [9.17, 15) is 40.9 Å². The monoisotopic (exact) mass is 770 g/mol. The lowest BCUT2D eigenvalue weighted by molar-refractivity contribution is -0.369. The molecule has 4 aliphatic carbocycles. The Kier molecular flexibility index (Phi) is 11.8. The summed E-state index contributed by atoms with van der Waals surface area (Å²) in [5, 5.41) is 84.7. The van der Waals surface area contributed by atoms with Crippen LogP contribution < -0.4 is 0 Å². The van der Waals surface area contributed by atoms with Crippen LogP contribution >= 0.6 is 0 Å². The van der Waals surface area contributed by atoms with Crippen LogP contribution in [-0.2, 0) is 28.4 Å². The smallest absolute Gasteiger partial charge is 0.194 e. The highest BCUT2D eigenvalue weighted by Gasteiger charge is 2.63. The number of ether oxygens (including phenoxy) is 6. The lowest BCUT2D eigenvalue weighted by Crippen LogP contribution is -2.64. The average molecular weight is 771 g/mol. The number of aliphatic hydroxyl groups excluding tert-OH is 8. The van der Waals surface area contributed by atoms with Crippen LogP contribution in [-0.4, -0.2) is 146 Å². The van der Waals surface area contributed by atoms with Crippen molar-refractivity contribution in [1.29, 1.82) is 0 Å². The largest absolute Gasteiger partial charge is 0.394 e. The maximum atomic E-state index is 11.1. The summed E-state index contributed by atoms with van der Waals surface area (Å²) >= 11 is 0. The van der Waals surface area contributed by atoms with Gasteiger partial charge in [0.15, 0.2) is 18.4 Å². The number of fused-ring (bicyclic) bond motifs is 5. The Morgan fingerprint density at radius 1 is 0.815 bits per heavy atom. The van der Waals surface area contributed by atoms with Gasteiger partial charge in [0.25, 0.3) is 0 Å². The van der Waals surface area contributed by atoms with Crippen LogP contribution in [0.2, 0.25) is 0 Å². The fraction of sp³-hybridized carbons (Fsp3) is 0.950. The summed E-state index contributed by atoms with van der Waals surface area (Å²) in [6.45, 7) is 12.0. The van der Waals surface area contributed by atoms with E-state index < -0.39 is 86.0 Å². The van der Waals surface area contributed by atoms with Crippen molar-refractivity contribution in [3.8, 4) is 0 Å². The molecule has 0 bridgehead atoms. The fourth-order valence-electron chi connectivity index (χ4n) is 12.0. The molecule has 3 aliphatic heterocycles. The second-order valence-electron chi connectivity index (χ2n) is 18.4. The van der Waals surface area contributed by atoms with E-state index in [1.807, 2.05) is 6.92 Å². The number of aliphatic hydroxyl groups is 8. The number of rotatable bonds is 8. The topological polar surface area (TPSA) is 217 Å². The minimum atomic E-state index is -1.63. The Bertz CT molecular complexity index is 1350. The maximum absolute atomic E-state index is 11.1. The minimum Gasteiger partial charge on any atom is -0.394 e. The van der Waals surface area contributed by atoms with E-state index in [0.29, 0.717) is 43.1 Å². The molecule has 0 aromatic heterocycles. The molecule has 0 aromatic rings. The molecular weight excluding hydrogens is 704 g/mol. The van der Waals surface area contributed by atoms with Gasteiger partial charge in [-0.25, -0.2) is 0 Å². The van der Waals surface area contributed by atoms with Crippen molar-refractivity contribution in [2.45, 2.75) is 185 Å². The predicted octanol–water partition coefficient (Wildman–Crippen LogP) is 1.11. The Balaban J connectivity index is 1.06. The van der Waals surface area contributed by atoms with Gasteiger partial charge in [-0.1, -0.05) is 45.8 Å². The first kappa shape index (κ1) is 41.3. The van der Waals surface area contributed by atoms with E-state index in [4.69, 9.17) is 28.4 Å². The van der Waals surface area contributed by atoms with Gasteiger partial charge in [-0.15, -0.1) is 0 Å². The van der Waals surface area contributed by atoms with Crippen molar-refractivity contribution in [3.63, 3.8) is 0 Å². The Labute approximate surface area is 318 Å². The van der Waals surface area contributed by atoms with E-state index in [2.05, 4.69) is 26.8 Å². The molecule has 14 nitrogen and oxygen atoms in total. The van der Waals surface area contributed by atoms with Crippen LogP contribution in [0.1, 0.15) is 92.9 Å². The first-order valence-electron chi connectivity index (χ1n) is 20.5. The van der Waals surface area contributed by atoms with Crippen molar-refractivity contribution >= 4 is 0 Å². The van der Waals surface area contributed by atoms with Crippen LogP contribution in [0.15, 0.2) is 11.6 Å². The quantitative estimate of drug-likeness (QED) is 0.162. The fourth-order valence-corrected chi connectivity index (χ4v) is 12.0. The molecule has 3 saturated carbocycles. The summed E-state index contributed by atoms with van der Waals surface area (Å²) in [4.78, 5) is 0. The summed E-state index contributed by atoms with van der Waals surface area (Å²) in [6.07, 6.45) is -6.48. The average Bonchev–Trinajstić information content (AvgIpc) is 3.43. The molecular formula is C40H66O14. The van der Waals surface area contributed by atoms with Gasteiger partial charge in [0.05, 0.1) is 37.6 Å². The van der Waals surface area contributed by atoms with E-state index >= 15 is 0 Å². The van der Waals surface area contributed by atoms with E-state index in [1.165, 1.54) is 12.5 Å². The molecule has 0 radical (unpaired) electrons. The highest BCUT2D eigenvalue weighted by Crippen LogP contribution is 2.67. The molecule has 6 unspecified atom stereocenters. The van der Waals surface area contributed by atoms with Crippen molar-refractivity contribution in [1.82, 2.24) is 0 Å². The van der Waals surface area contributed by atoms with E-state index in [0.717, 1.165) is 38.5 Å². The number of hydrogen-bond acceptors (Lipinski definition) is 14. The number of allylic oxidation sites excluding steroid dienone is 1. The van der Waals surface area contributed by atoms with Crippen molar-refractivity contribution in [2.75, 3.05) is 13.2 Å². The van der Waals surface area contributed by atoms with E-state index in [1.54, 1.807) is 6.92 Å². The SMILES string of the molecule is CC[C@H]1[C@@H](O[C@]2(C)OC[C@H](C)C(O)C2O)C[C@H]2[C@@H]3CC=C4C[C@@H](O[C@@H]5OC(CO)[C@@H](O)[C@H](O)C5O[C@@H]5OC(C)[C@H](O)C(O)[C@@H]5O)CC[C@]4(C)[C@H]3CC[C@@]21C. The molecule has 0 spiro atoms. The Morgan fingerprint density at radius 3 is 2.26 bits per heavy atom. The summed E-state index contributed by atoms with van der Waals surface area (Å²) in [7, 11) is 0. The normalized spacial score (nSPS) is 56.4. The zero-order valence-corrected chi connectivity index (χ0v) is 32.6. The summed E-state index contributed by atoms with van der Waals surface area (Å²) in [5.41, 5.74) is 1.37. The third-order valence-corrected chi connectivity index (χ3v) is 15.4. The van der Waals surface area contributed by atoms with E-state index in [-0.39, 0.29) is 29.0 Å². The van der Waals surface area contributed by atoms with Gasteiger partial charge >= 0.3 is 0 Å². The molecule has 0 aromatic carbocycles. The van der Waals surface area contributed by atoms with Crippen LogP contribution in [0, 0.1) is 40.4 Å². The molecule has 310 valence electrons. The molecule has 6 fully saturated rings. The zero-order chi connectivity index (χ0) is 39.1. The lowest BCUT2D eigenvalue weighted by Gasteiger charge is -2.58. The van der Waals surface area contributed by atoms with Gasteiger partial charge in [0, 0.05) is 5.92 Å². The zero-order valence-electron chi connectivity index (χ0n) is 32.6. The molecule has 8 N–H and O–H groups in total. The number of hydrogen-bond donors (Lipinski definition) is 8. The van der Waals surface area contributed by atoms with Gasteiger partial charge in [-0.3, -0.25) is 0 Å². The van der Waals surface area contributed by atoms with Gasteiger partial charge < -0.3 is 69.3 Å². The highest BCUT2D eigenvalue weighted by atomic mass is 16.8.